The summed E-state index contributed by atoms with van der Waals surface area (Å²) in [6.07, 6.45) is 2.32. The van der Waals surface area contributed by atoms with Gasteiger partial charge in [-0.1, -0.05) is 29.8 Å². The van der Waals surface area contributed by atoms with Crippen LogP contribution in [0.2, 0.25) is 0 Å². The summed E-state index contributed by atoms with van der Waals surface area (Å²) in [4.78, 5) is 1.36. The lowest BCUT2D eigenvalue weighted by Crippen LogP contribution is -1.89. The van der Waals surface area contributed by atoms with E-state index in [1.807, 2.05) is 23.9 Å². The van der Waals surface area contributed by atoms with Gasteiger partial charge in [0.05, 0.1) is 0 Å². The van der Waals surface area contributed by atoms with Crippen LogP contribution in [-0.2, 0) is 6.42 Å². The zero-order chi connectivity index (χ0) is 12.8. The first kappa shape index (κ1) is 13.0. The Hall–Kier alpha value is -1.41. The Labute approximate surface area is 113 Å². The maximum absolute atomic E-state index is 5.67. The molecule has 18 heavy (non-hydrogen) atoms. The zero-order valence-corrected chi connectivity index (χ0v) is 11.5. The fraction of sp³-hybridized carbons (Fsp3) is 0.250. The van der Waals surface area contributed by atoms with Gasteiger partial charge in [0.25, 0.3) is 0 Å². The molecule has 2 rings (SSSR count). The molecule has 2 aromatic carbocycles. The van der Waals surface area contributed by atoms with Crippen molar-refractivity contribution < 1.29 is 0 Å². The number of hydrogen-bond donors (Lipinski definition) is 1. The Morgan fingerprint density at radius 1 is 0.944 bits per heavy atom. The van der Waals surface area contributed by atoms with Crippen molar-refractivity contribution in [3.05, 3.63) is 59.7 Å². The van der Waals surface area contributed by atoms with Crippen molar-refractivity contribution in [2.24, 2.45) is 0 Å². The van der Waals surface area contributed by atoms with Crippen LogP contribution in [0.4, 0.5) is 5.69 Å². The molecule has 0 aliphatic heterocycles. The number of thioether (sulfide) groups is 1. The van der Waals surface area contributed by atoms with E-state index in [2.05, 4.69) is 43.3 Å². The fourth-order valence-electron chi connectivity index (χ4n) is 1.79. The van der Waals surface area contributed by atoms with Gasteiger partial charge in [-0.05, 0) is 55.3 Å². The molecular formula is C16H19NS. The van der Waals surface area contributed by atoms with Crippen LogP contribution in [0.25, 0.3) is 0 Å². The molecule has 0 radical (unpaired) electrons. The molecule has 0 aliphatic carbocycles. The van der Waals surface area contributed by atoms with E-state index in [9.17, 15) is 0 Å². The lowest BCUT2D eigenvalue weighted by atomic mass is 10.1. The smallest absolute Gasteiger partial charge is 0.0314 e. The summed E-state index contributed by atoms with van der Waals surface area (Å²) < 4.78 is 0. The van der Waals surface area contributed by atoms with E-state index < -0.39 is 0 Å². The highest BCUT2D eigenvalue weighted by atomic mass is 32.2. The maximum Gasteiger partial charge on any atom is 0.0314 e. The monoisotopic (exact) mass is 257 g/mol. The fourth-order valence-corrected chi connectivity index (χ4v) is 2.64. The van der Waals surface area contributed by atoms with E-state index >= 15 is 0 Å². The molecule has 0 saturated heterocycles. The molecule has 0 spiro atoms. The largest absolute Gasteiger partial charge is 0.399 e. The van der Waals surface area contributed by atoms with E-state index in [1.165, 1.54) is 22.4 Å². The molecule has 0 amide bonds. The van der Waals surface area contributed by atoms with E-state index in [-0.39, 0.29) is 0 Å². The third-order valence-corrected chi connectivity index (χ3v) is 3.98. The minimum atomic E-state index is 0.841. The SMILES string of the molecule is Cc1ccc(SCCCc2ccc(N)cc2)cc1. The lowest BCUT2D eigenvalue weighted by Gasteiger charge is -2.03. The Bertz CT molecular complexity index is 426. The first-order valence-corrected chi connectivity index (χ1v) is 7.26. The number of anilines is 1. The van der Waals surface area contributed by atoms with Gasteiger partial charge in [0.2, 0.25) is 0 Å². The van der Waals surface area contributed by atoms with Gasteiger partial charge in [-0.3, -0.25) is 0 Å². The third kappa shape index (κ3) is 4.11. The van der Waals surface area contributed by atoms with Crippen LogP contribution in [-0.4, -0.2) is 5.75 Å². The van der Waals surface area contributed by atoms with Crippen LogP contribution in [0.3, 0.4) is 0 Å². The summed E-state index contributed by atoms with van der Waals surface area (Å²) in [6.45, 7) is 2.12. The standard InChI is InChI=1S/C16H19NS/c1-13-4-10-16(11-5-13)18-12-2-3-14-6-8-15(17)9-7-14/h4-11H,2-3,12,17H2,1H3. The highest BCUT2D eigenvalue weighted by Gasteiger charge is 1.96. The number of benzene rings is 2. The highest BCUT2D eigenvalue weighted by molar-refractivity contribution is 7.99. The Morgan fingerprint density at radius 2 is 1.61 bits per heavy atom. The van der Waals surface area contributed by atoms with Crippen molar-refractivity contribution in [1.82, 2.24) is 0 Å². The normalized spacial score (nSPS) is 10.5. The number of nitrogens with two attached hydrogens (primary N) is 1. The molecule has 1 nitrogen and oxygen atoms in total. The number of nitrogen functional groups attached to an aromatic ring is 1. The van der Waals surface area contributed by atoms with Gasteiger partial charge >= 0.3 is 0 Å². The summed E-state index contributed by atoms with van der Waals surface area (Å²) >= 11 is 1.93. The minimum absolute atomic E-state index is 0.841. The van der Waals surface area contributed by atoms with E-state index in [0.29, 0.717) is 0 Å². The third-order valence-electron chi connectivity index (χ3n) is 2.88. The van der Waals surface area contributed by atoms with Crippen LogP contribution in [0.15, 0.2) is 53.4 Å². The quantitative estimate of drug-likeness (QED) is 0.491. The molecule has 0 heterocycles. The van der Waals surface area contributed by atoms with Crippen LogP contribution < -0.4 is 5.73 Å². The summed E-state index contributed by atoms with van der Waals surface area (Å²) in [5.41, 5.74) is 9.20. The first-order chi connectivity index (χ1) is 8.74. The molecule has 0 fully saturated rings. The van der Waals surface area contributed by atoms with E-state index in [0.717, 1.165) is 17.9 Å². The zero-order valence-electron chi connectivity index (χ0n) is 10.7. The summed E-state index contributed by atoms with van der Waals surface area (Å²) in [5.74, 6) is 1.16. The number of rotatable bonds is 5. The van der Waals surface area contributed by atoms with Gasteiger partial charge in [-0.25, -0.2) is 0 Å². The Morgan fingerprint density at radius 3 is 2.28 bits per heavy atom. The number of aryl methyl sites for hydroxylation is 2. The van der Waals surface area contributed by atoms with Crippen molar-refractivity contribution in [3.63, 3.8) is 0 Å². The maximum atomic E-state index is 5.67. The molecule has 2 heteroatoms. The molecule has 0 unspecified atom stereocenters. The lowest BCUT2D eigenvalue weighted by molar-refractivity contribution is 0.933. The van der Waals surface area contributed by atoms with Gasteiger partial charge in [0, 0.05) is 10.6 Å². The van der Waals surface area contributed by atoms with Crippen LogP contribution in [0.1, 0.15) is 17.5 Å². The van der Waals surface area contributed by atoms with Crippen molar-refractivity contribution in [1.29, 1.82) is 0 Å². The van der Waals surface area contributed by atoms with E-state index in [4.69, 9.17) is 5.73 Å². The average Bonchev–Trinajstić information content (AvgIpc) is 2.39. The van der Waals surface area contributed by atoms with Crippen molar-refractivity contribution in [2.75, 3.05) is 11.5 Å². The molecule has 0 aromatic heterocycles. The minimum Gasteiger partial charge on any atom is -0.399 e. The predicted octanol–water partition coefficient (Wildman–Crippen LogP) is 4.30. The molecule has 2 N–H and O–H groups in total. The van der Waals surface area contributed by atoms with Crippen LogP contribution in [0.5, 0.6) is 0 Å². The second-order valence-electron chi connectivity index (χ2n) is 4.51. The summed E-state index contributed by atoms with van der Waals surface area (Å²) in [5, 5.41) is 0. The van der Waals surface area contributed by atoms with Gasteiger partial charge in [-0.2, -0.15) is 0 Å². The molecule has 2 aromatic rings. The molecule has 0 aliphatic rings. The Kier molecular flexibility index (Phi) is 4.71. The molecule has 0 bridgehead atoms. The molecule has 94 valence electrons. The van der Waals surface area contributed by atoms with Gasteiger partial charge in [0.15, 0.2) is 0 Å². The molecular weight excluding hydrogens is 238 g/mol. The highest BCUT2D eigenvalue weighted by Crippen LogP contribution is 2.20. The predicted molar refractivity (Wildman–Crippen MR) is 81.1 cm³/mol. The van der Waals surface area contributed by atoms with Gasteiger partial charge < -0.3 is 5.73 Å². The van der Waals surface area contributed by atoms with Crippen molar-refractivity contribution >= 4 is 17.4 Å². The topological polar surface area (TPSA) is 26.0 Å². The summed E-state index contributed by atoms with van der Waals surface area (Å²) in [6, 6.07) is 16.9. The number of hydrogen-bond acceptors (Lipinski definition) is 2. The van der Waals surface area contributed by atoms with E-state index in [1.54, 1.807) is 0 Å². The van der Waals surface area contributed by atoms with Gasteiger partial charge in [0.1, 0.15) is 0 Å². The van der Waals surface area contributed by atoms with Gasteiger partial charge in [-0.15, -0.1) is 11.8 Å². The van der Waals surface area contributed by atoms with Crippen molar-refractivity contribution in [2.45, 2.75) is 24.7 Å². The molecule has 0 atom stereocenters. The van der Waals surface area contributed by atoms with Crippen LogP contribution >= 0.6 is 11.8 Å². The van der Waals surface area contributed by atoms with Crippen molar-refractivity contribution in [3.8, 4) is 0 Å². The summed E-state index contributed by atoms with van der Waals surface area (Å²) in [7, 11) is 0. The second-order valence-corrected chi connectivity index (χ2v) is 5.67. The average molecular weight is 257 g/mol. The Balaban J connectivity index is 1.73. The van der Waals surface area contributed by atoms with Crippen LogP contribution in [0, 0.1) is 6.92 Å². The first-order valence-electron chi connectivity index (χ1n) is 6.28. The molecule has 0 saturated carbocycles. The second kappa shape index (κ2) is 6.50.